The second kappa shape index (κ2) is 9.01. The molecule has 0 heterocycles. The monoisotopic (exact) mass is 374 g/mol. The van der Waals surface area contributed by atoms with Crippen LogP contribution in [0, 0.1) is 0 Å². The van der Waals surface area contributed by atoms with Gasteiger partial charge in [-0.3, -0.25) is 9.59 Å². The van der Waals surface area contributed by atoms with Crippen LogP contribution in [0.5, 0.6) is 0 Å². The SMILES string of the molecule is COC(=O)c1ccc(Cl)c(NC(=O)CCN(C(C)=O)c2ccccc2)c1. The molecule has 2 aromatic rings. The van der Waals surface area contributed by atoms with Crippen LogP contribution in [0.25, 0.3) is 0 Å². The lowest BCUT2D eigenvalue weighted by Crippen LogP contribution is -2.31. The second-order valence-electron chi connectivity index (χ2n) is 5.49. The zero-order valence-corrected chi connectivity index (χ0v) is 15.2. The fraction of sp³-hybridized carbons (Fsp3) is 0.211. The first-order valence-corrected chi connectivity index (χ1v) is 8.31. The van der Waals surface area contributed by atoms with Gasteiger partial charge in [-0.25, -0.2) is 4.79 Å². The number of anilines is 2. The van der Waals surface area contributed by atoms with E-state index in [0.29, 0.717) is 10.7 Å². The normalized spacial score (nSPS) is 10.1. The predicted molar refractivity (Wildman–Crippen MR) is 101 cm³/mol. The van der Waals surface area contributed by atoms with Gasteiger partial charge in [-0.1, -0.05) is 29.8 Å². The van der Waals surface area contributed by atoms with E-state index in [9.17, 15) is 14.4 Å². The van der Waals surface area contributed by atoms with Gasteiger partial charge in [0.05, 0.1) is 23.4 Å². The Morgan fingerprint density at radius 2 is 1.81 bits per heavy atom. The Morgan fingerprint density at radius 1 is 1.12 bits per heavy atom. The number of methoxy groups -OCH3 is 1. The van der Waals surface area contributed by atoms with E-state index in [1.807, 2.05) is 18.2 Å². The first kappa shape index (κ1) is 19.5. The summed E-state index contributed by atoms with van der Waals surface area (Å²) < 4.78 is 4.65. The van der Waals surface area contributed by atoms with Crippen molar-refractivity contribution in [3.05, 3.63) is 59.1 Å². The van der Waals surface area contributed by atoms with E-state index in [1.165, 1.54) is 37.1 Å². The average Bonchev–Trinajstić information content (AvgIpc) is 2.63. The quantitative estimate of drug-likeness (QED) is 0.785. The first-order valence-electron chi connectivity index (χ1n) is 7.93. The van der Waals surface area contributed by atoms with E-state index >= 15 is 0 Å². The van der Waals surface area contributed by atoms with Crippen molar-refractivity contribution in [2.24, 2.45) is 0 Å². The number of amides is 2. The van der Waals surface area contributed by atoms with Crippen LogP contribution in [-0.4, -0.2) is 31.4 Å². The molecule has 0 aliphatic carbocycles. The lowest BCUT2D eigenvalue weighted by molar-refractivity contribution is -0.117. The molecule has 6 nitrogen and oxygen atoms in total. The van der Waals surface area contributed by atoms with Gasteiger partial charge in [0.2, 0.25) is 11.8 Å². The van der Waals surface area contributed by atoms with Crippen molar-refractivity contribution in [2.75, 3.05) is 23.9 Å². The van der Waals surface area contributed by atoms with E-state index in [1.54, 1.807) is 12.1 Å². The van der Waals surface area contributed by atoms with Gasteiger partial charge in [0.15, 0.2) is 0 Å². The number of nitrogens with one attached hydrogen (secondary N) is 1. The number of para-hydroxylation sites is 1. The number of carbonyl (C=O) groups excluding carboxylic acids is 3. The molecule has 0 aliphatic rings. The highest BCUT2D eigenvalue weighted by molar-refractivity contribution is 6.33. The molecule has 0 aliphatic heterocycles. The molecule has 0 saturated heterocycles. The van der Waals surface area contributed by atoms with Gasteiger partial charge in [-0.2, -0.15) is 0 Å². The minimum atomic E-state index is -0.524. The molecule has 26 heavy (non-hydrogen) atoms. The maximum atomic E-state index is 12.2. The zero-order valence-electron chi connectivity index (χ0n) is 14.5. The summed E-state index contributed by atoms with van der Waals surface area (Å²) in [4.78, 5) is 37.2. The van der Waals surface area contributed by atoms with Crippen LogP contribution < -0.4 is 10.2 Å². The number of rotatable bonds is 6. The second-order valence-corrected chi connectivity index (χ2v) is 5.90. The summed E-state index contributed by atoms with van der Waals surface area (Å²) in [6, 6.07) is 13.6. The molecular formula is C19H19ClN2O4. The van der Waals surface area contributed by atoms with E-state index < -0.39 is 5.97 Å². The van der Waals surface area contributed by atoms with E-state index in [4.69, 9.17) is 11.6 Å². The van der Waals surface area contributed by atoms with E-state index in [-0.39, 0.29) is 30.3 Å². The van der Waals surface area contributed by atoms with Crippen molar-refractivity contribution in [3.8, 4) is 0 Å². The molecule has 7 heteroatoms. The number of halogens is 1. The van der Waals surface area contributed by atoms with Gasteiger partial charge in [0.1, 0.15) is 0 Å². The Hall–Kier alpha value is -2.86. The Labute approximate surface area is 156 Å². The summed E-state index contributed by atoms with van der Waals surface area (Å²) in [6.07, 6.45) is 0.0766. The highest BCUT2D eigenvalue weighted by Crippen LogP contribution is 2.24. The van der Waals surface area contributed by atoms with Crippen LogP contribution in [-0.2, 0) is 14.3 Å². The van der Waals surface area contributed by atoms with Crippen molar-refractivity contribution in [1.82, 2.24) is 0 Å². The van der Waals surface area contributed by atoms with Gasteiger partial charge in [-0.15, -0.1) is 0 Å². The summed E-state index contributed by atoms with van der Waals surface area (Å²) in [6.45, 7) is 1.67. The summed E-state index contributed by atoms with van der Waals surface area (Å²) in [5.41, 5.74) is 1.31. The maximum absolute atomic E-state index is 12.2. The molecule has 0 radical (unpaired) electrons. The van der Waals surface area contributed by atoms with Crippen LogP contribution in [0.1, 0.15) is 23.7 Å². The molecule has 0 unspecified atom stereocenters. The fourth-order valence-electron chi connectivity index (χ4n) is 2.37. The molecule has 2 amide bonds. The van der Waals surface area contributed by atoms with Crippen LogP contribution in [0.4, 0.5) is 11.4 Å². The molecule has 1 N–H and O–H groups in total. The number of carbonyl (C=O) groups is 3. The smallest absolute Gasteiger partial charge is 0.337 e. The highest BCUT2D eigenvalue weighted by atomic mass is 35.5. The average molecular weight is 375 g/mol. The number of hydrogen-bond donors (Lipinski definition) is 1. The van der Waals surface area contributed by atoms with Crippen molar-refractivity contribution in [3.63, 3.8) is 0 Å². The first-order chi connectivity index (χ1) is 12.4. The minimum Gasteiger partial charge on any atom is -0.465 e. The fourth-order valence-corrected chi connectivity index (χ4v) is 2.53. The molecule has 2 aromatic carbocycles. The van der Waals surface area contributed by atoms with Crippen LogP contribution in [0.2, 0.25) is 5.02 Å². The summed E-state index contributed by atoms with van der Waals surface area (Å²) in [7, 11) is 1.27. The summed E-state index contributed by atoms with van der Waals surface area (Å²) in [5, 5.41) is 2.96. The standard InChI is InChI=1S/C19H19ClN2O4/c1-13(23)22(15-6-4-3-5-7-15)11-10-18(24)21-17-12-14(19(25)26-2)8-9-16(17)20/h3-9,12H,10-11H2,1-2H3,(H,21,24). The lowest BCUT2D eigenvalue weighted by Gasteiger charge is -2.21. The summed E-state index contributed by atoms with van der Waals surface area (Å²) in [5.74, 6) is -1.00. The van der Waals surface area contributed by atoms with Crippen molar-refractivity contribution in [1.29, 1.82) is 0 Å². The largest absolute Gasteiger partial charge is 0.465 e. The third-order valence-electron chi connectivity index (χ3n) is 3.67. The van der Waals surface area contributed by atoms with Gasteiger partial charge >= 0.3 is 5.97 Å². The Morgan fingerprint density at radius 3 is 2.42 bits per heavy atom. The Balaban J connectivity index is 2.04. The van der Waals surface area contributed by atoms with Crippen LogP contribution in [0.3, 0.4) is 0 Å². The van der Waals surface area contributed by atoms with Gasteiger partial charge in [-0.05, 0) is 30.3 Å². The van der Waals surface area contributed by atoms with Gasteiger partial charge < -0.3 is 15.0 Å². The summed E-state index contributed by atoms with van der Waals surface area (Å²) >= 11 is 6.07. The molecule has 0 atom stereocenters. The topological polar surface area (TPSA) is 75.7 Å². The third kappa shape index (κ3) is 5.07. The number of ether oxygens (including phenoxy) is 1. The lowest BCUT2D eigenvalue weighted by atomic mass is 10.2. The molecule has 0 aromatic heterocycles. The molecule has 0 bridgehead atoms. The maximum Gasteiger partial charge on any atom is 0.337 e. The van der Waals surface area contributed by atoms with E-state index in [2.05, 4.69) is 10.1 Å². The number of esters is 1. The van der Waals surface area contributed by atoms with Crippen LogP contribution in [0.15, 0.2) is 48.5 Å². The van der Waals surface area contributed by atoms with Crippen molar-refractivity contribution in [2.45, 2.75) is 13.3 Å². The molecule has 0 saturated carbocycles. The number of nitrogens with zero attached hydrogens (tertiary/aromatic N) is 1. The van der Waals surface area contributed by atoms with Crippen molar-refractivity contribution >= 4 is 40.8 Å². The highest BCUT2D eigenvalue weighted by Gasteiger charge is 2.15. The molecular weight excluding hydrogens is 356 g/mol. The molecule has 136 valence electrons. The van der Waals surface area contributed by atoms with Gasteiger partial charge in [0, 0.05) is 25.6 Å². The Bertz CT molecular complexity index is 808. The van der Waals surface area contributed by atoms with Crippen LogP contribution >= 0.6 is 11.6 Å². The zero-order chi connectivity index (χ0) is 19.1. The molecule has 2 rings (SSSR count). The number of benzene rings is 2. The molecule has 0 fully saturated rings. The van der Waals surface area contributed by atoms with Gasteiger partial charge in [0.25, 0.3) is 0 Å². The minimum absolute atomic E-state index is 0.0766. The molecule has 0 spiro atoms. The van der Waals surface area contributed by atoms with Crippen molar-refractivity contribution < 1.29 is 19.1 Å². The van der Waals surface area contributed by atoms with E-state index in [0.717, 1.165) is 5.69 Å². The predicted octanol–water partition coefficient (Wildman–Crippen LogP) is 3.51. The number of hydrogen-bond acceptors (Lipinski definition) is 4. The third-order valence-corrected chi connectivity index (χ3v) is 4.00. The Kier molecular flexibility index (Phi) is 6.74.